The lowest BCUT2D eigenvalue weighted by Gasteiger charge is -2.42. The van der Waals surface area contributed by atoms with Crippen LogP contribution in [0.4, 0.5) is 15.8 Å². The molecule has 0 spiro atoms. The average molecular weight is 448 g/mol. The van der Waals surface area contributed by atoms with Crippen LogP contribution in [0.1, 0.15) is 55.6 Å². The Morgan fingerprint density at radius 3 is 2.58 bits per heavy atom. The summed E-state index contributed by atoms with van der Waals surface area (Å²) in [5.41, 5.74) is 4.01. The van der Waals surface area contributed by atoms with E-state index in [9.17, 15) is 17.9 Å². The number of halogens is 1. The Hall–Kier alpha value is -2.16. The van der Waals surface area contributed by atoms with E-state index in [1.807, 2.05) is 12.1 Å². The van der Waals surface area contributed by atoms with Crippen LogP contribution in [0.2, 0.25) is 0 Å². The Morgan fingerprint density at radius 1 is 1.19 bits per heavy atom. The van der Waals surface area contributed by atoms with Crippen LogP contribution >= 0.6 is 0 Å². The predicted molar refractivity (Wildman–Crippen MR) is 121 cm³/mol. The van der Waals surface area contributed by atoms with Gasteiger partial charge in [0.1, 0.15) is 12.0 Å². The normalized spacial score (nSPS) is 21.5. The van der Waals surface area contributed by atoms with Gasteiger partial charge < -0.3 is 15.3 Å². The maximum atomic E-state index is 14.5. The molecule has 3 N–H and O–H groups in total. The molecule has 8 heteroatoms. The van der Waals surface area contributed by atoms with Gasteiger partial charge in [0.25, 0.3) is 0 Å². The molecular weight excluding hydrogens is 417 g/mol. The largest absolute Gasteiger partial charge is 0.377 e. The van der Waals surface area contributed by atoms with Crippen LogP contribution < -0.4 is 14.9 Å². The van der Waals surface area contributed by atoms with Crippen LogP contribution in [0.15, 0.2) is 36.4 Å². The molecule has 0 radical (unpaired) electrons. The smallest absolute Gasteiger partial charge is 0.211 e. The van der Waals surface area contributed by atoms with Gasteiger partial charge in [-0.2, -0.15) is 4.72 Å². The Labute approximate surface area is 183 Å². The molecule has 1 fully saturated rings. The van der Waals surface area contributed by atoms with E-state index in [4.69, 9.17) is 0 Å². The first-order valence-electron chi connectivity index (χ1n) is 10.6. The number of anilines is 2. The van der Waals surface area contributed by atoms with E-state index in [1.165, 1.54) is 0 Å². The molecule has 168 valence electrons. The number of aliphatic hydroxyl groups is 1. The van der Waals surface area contributed by atoms with Crippen LogP contribution in [0.25, 0.3) is 0 Å². The predicted octanol–water partition coefficient (Wildman–Crippen LogP) is 3.70. The number of aliphatic hydroxyl groups excluding tert-OH is 1. The molecule has 2 atom stereocenters. The topological polar surface area (TPSA) is 81.7 Å². The molecule has 31 heavy (non-hydrogen) atoms. The fraction of sp³-hybridized carbons (Fsp3) is 0.478. The highest BCUT2D eigenvalue weighted by molar-refractivity contribution is 7.88. The van der Waals surface area contributed by atoms with Crippen LogP contribution in [0.5, 0.6) is 0 Å². The highest BCUT2D eigenvalue weighted by Gasteiger charge is 2.37. The van der Waals surface area contributed by atoms with E-state index >= 15 is 0 Å². The van der Waals surface area contributed by atoms with E-state index in [0.29, 0.717) is 12.0 Å². The molecular formula is C23H30FN3O3S. The number of rotatable bonds is 5. The average Bonchev–Trinajstić information content (AvgIpc) is 3.19. The van der Waals surface area contributed by atoms with Gasteiger partial charge >= 0.3 is 0 Å². The van der Waals surface area contributed by atoms with Crippen LogP contribution in [-0.2, 0) is 16.4 Å². The molecule has 0 amide bonds. The van der Waals surface area contributed by atoms with Crippen molar-refractivity contribution in [3.05, 3.63) is 58.9 Å². The van der Waals surface area contributed by atoms with Crippen molar-refractivity contribution in [3.8, 4) is 0 Å². The maximum absolute atomic E-state index is 14.5. The Morgan fingerprint density at radius 2 is 1.90 bits per heavy atom. The second-order valence-corrected chi connectivity index (χ2v) is 11.2. The molecule has 2 aromatic rings. The van der Waals surface area contributed by atoms with Crippen molar-refractivity contribution in [2.45, 2.75) is 45.4 Å². The summed E-state index contributed by atoms with van der Waals surface area (Å²) in [5.74, 6) is -0.229. The molecule has 2 aliphatic heterocycles. The summed E-state index contributed by atoms with van der Waals surface area (Å²) in [6.07, 6.45) is 2.69. The summed E-state index contributed by atoms with van der Waals surface area (Å²) >= 11 is 0. The number of sulfonamides is 1. The van der Waals surface area contributed by atoms with Crippen molar-refractivity contribution in [2.24, 2.45) is 5.41 Å². The van der Waals surface area contributed by atoms with Gasteiger partial charge in [-0.05, 0) is 71.7 Å². The summed E-state index contributed by atoms with van der Waals surface area (Å²) in [7, 11) is -3.53. The Balaban J connectivity index is 1.63. The lowest BCUT2D eigenvalue weighted by Crippen LogP contribution is -2.35. The molecule has 4 rings (SSSR count). The summed E-state index contributed by atoms with van der Waals surface area (Å²) < 4.78 is 39.6. The van der Waals surface area contributed by atoms with Gasteiger partial charge in [0.2, 0.25) is 10.0 Å². The molecule has 0 aliphatic carbocycles. The van der Waals surface area contributed by atoms with E-state index in [1.54, 1.807) is 18.2 Å². The molecule has 0 bridgehead atoms. The lowest BCUT2D eigenvalue weighted by atomic mass is 9.72. The van der Waals surface area contributed by atoms with Crippen molar-refractivity contribution in [1.29, 1.82) is 0 Å². The number of hydrogen-bond acceptors (Lipinski definition) is 5. The van der Waals surface area contributed by atoms with Gasteiger partial charge in [0.05, 0.1) is 12.3 Å². The second kappa shape index (κ2) is 8.07. The summed E-state index contributed by atoms with van der Waals surface area (Å²) in [6, 6.07) is 10.6. The molecule has 2 heterocycles. The number of nitrogens with one attached hydrogen (secondary N) is 2. The third-order valence-electron chi connectivity index (χ3n) is 6.21. The molecule has 2 unspecified atom stereocenters. The zero-order chi connectivity index (χ0) is 22.4. The highest BCUT2D eigenvalue weighted by Crippen LogP contribution is 2.46. The number of nitrogens with zero attached hydrogens (tertiary/aromatic N) is 1. The van der Waals surface area contributed by atoms with Crippen LogP contribution in [-0.4, -0.2) is 32.9 Å². The van der Waals surface area contributed by atoms with Crippen LogP contribution in [0.3, 0.4) is 0 Å². The zero-order valence-corrected chi connectivity index (χ0v) is 19.0. The third-order valence-corrected chi connectivity index (χ3v) is 6.86. The first kappa shape index (κ1) is 22.0. The maximum Gasteiger partial charge on any atom is 0.211 e. The van der Waals surface area contributed by atoms with Crippen molar-refractivity contribution < 1.29 is 17.9 Å². The summed E-state index contributed by atoms with van der Waals surface area (Å²) in [5, 5.41) is 13.8. The second-order valence-electron chi connectivity index (χ2n) is 9.39. The SMILES string of the molecule is CC1(C)Cc2cc(C(O)NS(C)(=O)=O)ccc2NC1c1cc(F)cc(N2CCCC2)c1. The summed E-state index contributed by atoms with van der Waals surface area (Å²) in [4.78, 5) is 2.23. The Kier molecular flexibility index (Phi) is 5.74. The minimum atomic E-state index is -3.53. The fourth-order valence-corrected chi connectivity index (χ4v) is 5.28. The van der Waals surface area contributed by atoms with Crippen molar-refractivity contribution >= 4 is 21.4 Å². The van der Waals surface area contributed by atoms with Gasteiger partial charge in [-0.1, -0.05) is 19.9 Å². The molecule has 6 nitrogen and oxygen atoms in total. The zero-order valence-electron chi connectivity index (χ0n) is 18.2. The highest BCUT2D eigenvalue weighted by atomic mass is 32.2. The molecule has 2 aliphatic rings. The van der Waals surface area contributed by atoms with Crippen molar-refractivity contribution in [3.63, 3.8) is 0 Å². The molecule has 2 aromatic carbocycles. The first-order chi connectivity index (χ1) is 14.5. The van der Waals surface area contributed by atoms with Gasteiger partial charge in [-0.3, -0.25) is 0 Å². The Bertz CT molecular complexity index is 1080. The van der Waals surface area contributed by atoms with Gasteiger partial charge in [0.15, 0.2) is 0 Å². The van der Waals surface area contributed by atoms with Crippen LogP contribution in [0, 0.1) is 11.2 Å². The standard InChI is InChI=1S/C23H30FN3O3S/c1-23(2)14-17-10-15(22(28)26-31(3,29)30)6-7-20(17)25-21(23)16-11-18(24)13-19(12-16)27-8-4-5-9-27/h6-7,10-13,21-22,25-26,28H,4-5,8-9,14H2,1-3H3. The number of benzene rings is 2. The van der Waals surface area contributed by atoms with Crippen molar-refractivity contribution in [2.75, 3.05) is 29.6 Å². The van der Waals surface area contributed by atoms with E-state index in [2.05, 4.69) is 34.9 Å². The number of fused-ring (bicyclic) bond motifs is 1. The monoisotopic (exact) mass is 447 g/mol. The lowest BCUT2D eigenvalue weighted by molar-refractivity contribution is 0.166. The minimum absolute atomic E-state index is 0.0815. The van der Waals surface area contributed by atoms with E-state index < -0.39 is 16.3 Å². The quantitative estimate of drug-likeness (QED) is 0.609. The van der Waals surface area contributed by atoms with Gasteiger partial charge in [0, 0.05) is 24.5 Å². The first-order valence-corrected chi connectivity index (χ1v) is 12.5. The van der Waals surface area contributed by atoms with E-state index in [0.717, 1.165) is 54.7 Å². The van der Waals surface area contributed by atoms with Crippen molar-refractivity contribution in [1.82, 2.24) is 4.72 Å². The van der Waals surface area contributed by atoms with E-state index in [-0.39, 0.29) is 17.3 Å². The molecule has 0 aromatic heterocycles. The van der Waals surface area contributed by atoms with Gasteiger partial charge in [-0.15, -0.1) is 0 Å². The molecule has 0 saturated carbocycles. The third kappa shape index (κ3) is 4.86. The minimum Gasteiger partial charge on any atom is -0.377 e. The van der Waals surface area contributed by atoms with Gasteiger partial charge in [-0.25, -0.2) is 12.8 Å². The summed E-state index contributed by atoms with van der Waals surface area (Å²) in [6.45, 7) is 6.18. The molecule has 1 saturated heterocycles. The number of hydrogen-bond donors (Lipinski definition) is 3. The fourth-order valence-electron chi connectivity index (χ4n) is 4.74.